The standard InChI is InChI=1S/C22H29N5O3/c1-14-12-19-24-15(2)18(16(3)27(19)26-14)8-9-20(28)30-17(4)21(29)25-22(13-23)10-6-5-7-11-22/h12,17H,5-11H2,1-4H3,(H,25,29). The molecule has 0 aromatic carbocycles. The third kappa shape index (κ3) is 4.61. The highest BCUT2D eigenvalue weighted by molar-refractivity contribution is 5.84. The van der Waals surface area contributed by atoms with Crippen LogP contribution in [0.4, 0.5) is 0 Å². The van der Waals surface area contributed by atoms with Crippen LogP contribution in [-0.4, -0.2) is 38.1 Å². The number of amides is 1. The molecule has 1 N–H and O–H groups in total. The zero-order valence-corrected chi connectivity index (χ0v) is 18.1. The van der Waals surface area contributed by atoms with Crippen molar-refractivity contribution in [1.29, 1.82) is 5.26 Å². The number of carbonyl (C=O) groups is 2. The van der Waals surface area contributed by atoms with Gasteiger partial charge in [0.1, 0.15) is 5.54 Å². The van der Waals surface area contributed by atoms with Crippen molar-refractivity contribution >= 4 is 17.5 Å². The smallest absolute Gasteiger partial charge is 0.306 e. The van der Waals surface area contributed by atoms with Crippen molar-refractivity contribution in [2.45, 2.75) is 84.3 Å². The first-order chi connectivity index (χ1) is 14.2. The monoisotopic (exact) mass is 411 g/mol. The molecule has 2 heterocycles. The van der Waals surface area contributed by atoms with Crippen LogP contribution >= 0.6 is 0 Å². The predicted octanol–water partition coefficient (Wildman–Crippen LogP) is 2.86. The van der Waals surface area contributed by atoms with E-state index in [1.165, 1.54) is 6.92 Å². The van der Waals surface area contributed by atoms with Gasteiger partial charge in [-0.05, 0) is 52.5 Å². The molecule has 0 bridgehead atoms. The van der Waals surface area contributed by atoms with Crippen LogP contribution in [0.1, 0.15) is 68.1 Å². The number of hydrogen-bond acceptors (Lipinski definition) is 6. The quantitative estimate of drug-likeness (QED) is 0.732. The molecule has 0 spiro atoms. The van der Waals surface area contributed by atoms with Gasteiger partial charge in [-0.25, -0.2) is 9.50 Å². The first kappa shape index (κ1) is 21.8. The third-order valence-corrected chi connectivity index (χ3v) is 5.83. The molecule has 1 fully saturated rings. The van der Waals surface area contributed by atoms with Gasteiger partial charge in [0, 0.05) is 23.9 Å². The van der Waals surface area contributed by atoms with Crippen molar-refractivity contribution in [2.24, 2.45) is 0 Å². The number of aryl methyl sites for hydroxylation is 3. The third-order valence-electron chi connectivity index (χ3n) is 5.83. The molecular weight excluding hydrogens is 382 g/mol. The van der Waals surface area contributed by atoms with Gasteiger partial charge in [-0.1, -0.05) is 19.3 Å². The summed E-state index contributed by atoms with van der Waals surface area (Å²) in [4.78, 5) is 29.4. The molecular formula is C22H29N5O3. The van der Waals surface area contributed by atoms with Crippen molar-refractivity contribution in [3.8, 4) is 6.07 Å². The molecule has 2 aromatic rings. The number of fused-ring (bicyclic) bond motifs is 1. The molecule has 30 heavy (non-hydrogen) atoms. The second kappa shape index (κ2) is 8.82. The Kier molecular flexibility index (Phi) is 6.40. The molecule has 160 valence electrons. The highest BCUT2D eigenvalue weighted by Gasteiger charge is 2.35. The van der Waals surface area contributed by atoms with Gasteiger partial charge in [-0.15, -0.1) is 0 Å². The number of carbonyl (C=O) groups excluding carboxylic acids is 2. The summed E-state index contributed by atoms with van der Waals surface area (Å²) < 4.78 is 7.12. The molecule has 8 nitrogen and oxygen atoms in total. The fraction of sp³-hybridized carbons (Fsp3) is 0.591. The molecule has 8 heteroatoms. The zero-order valence-electron chi connectivity index (χ0n) is 18.1. The summed E-state index contributed by atoms with van der Waals surface area (Å²) in [6.45, 7) is 7.32. The van der Waals surface area contributed by atoms with Crippen LogP contribution in [0.3, 0.4) is 0 Å². The first-order valence-corrected chi connectivity index (χ1v) is 10.5. The van der Waals surface area contributed by atoms with Crippen LogP contribution in [0.25, 0.3) is 5.65 Å². The Morgan fingerprint density at radius 3 is 2.67 bits per heavy atom. The van der Waals surface area contributed by atoms with Crippen LogP contribution in [0.15, 0.2) is 6.07 Å². The van der Waals surface area contributed by atoms with E-state index in [1.54, 1.807) is 4.52 Å². The fourth-order valence-electron chi connectivity index (χ4n) is 4.10. The SMILES string of the molecule is Cc1cc2nc(C)c(CCC(=O)OC(C)C(=O)NC3(C#N)CCCCC3)c(C)n2n1. The topological polar surface area (TPSA) is 109 Å². The lowest BCUT2D eigenvalue weighted by Crippen LogP contribution is -2.52. The average Bonchev–Trinajstić information content (AvgIpc) is 3.08. The fourth-order valence-corrected chi connectivity index (χ4v) is 4.10. The molecule has 1 aliphatic rings. The number of nitriles is 1. The van der Waals surface area contributed by atoms with Gasteiger partial charge in [0.2, 0.25) is 0 Å². The number of hydrogen-bond donors (Lipinski definition) is 1. The normalized spacial score (nSPS) is 16.6. The van der Waals surface area contributed by atoms with Gasteiger partial charge in [0.15, 0.2) is 11.8 Å². The highest BCUT2D eigenvalue weighted by Crippen LogP contribution is 2.27. The maximum absolute atomic E-state index is 12.5. The van der Waals surface area contributed by atoms with E-state index in [-0.39, 0.29) is 6.42 Å². The minimum Gasteiger partial charge on any atom is -0.453 e. The Morgan fingerprint density at radius 1 is 1.30 bits per heavy atom. The van der Waals surface area contributed by atoms with Gasteiger partial charge in [0.05, 0.1) is 11.8 Å². The van der Waals surface area contributed by atoms with Gasteiger partial charge in [-0.2, -0.15) is 10.4 Å². The minimum atomic E-state index is -0.943. The van der Waals surface area contributed by atoms with Crippen LogP contribution < -0.4 is 5.32 Å². The summed E-state index contributed by atoms with van der Waals surface area (Å²) in [6.07, 6.45) is 3.81. The largest absolute Gasteiger partial charge is 0.453 e. The molecule has 1 unspecified atom stereocenters. The second-order valence-corrected chi connectivity index (χ2v) is 8.19. The maximum atomic E-state index is 12.5. The first-order valence-electron chi connectivity index (χ1n) is 10.5. The van der Waals surface area contributed by atoms with E-state index in [4.69, 9.17) is 4.74 Å². The Hall–Kier alpha value is -2.95. The van der Waals surface area contributed by atoms with Crippen LogP contribution in [0.5, 0.6) is 0 Å². The molecule has 3 rings (SSSR count). The average molecular weight is 412 g/mol. The highest BCUT2D eigenvalue weighted by atomic mass is 16.5. The Morgan fingerprint density at radius 2 is 2.00 bits per heavy atom. The van der Waals surface area contributed by atoms with E-state index in [2.05, 4.69) is 21.5 Å². The summed E-state index contributed by atoms with van der Waals surface area (Å²) in [6, 6.07) is 4.16. The van der Waals surface area contributed by atoms with Gasteiger partial charge in [0.25, 0.3) is 5.91 Å². The van der Waals surface area contributed by atoms with Crippen LogP contribution in [0.2, 0.25) is 0 Å². The van der Waals surface area contributed by atoms with E-state index in [0.717, 1.165) is 47.6 Å². The molecule has 1 aliphatic carbocycles. The summed E-state index contributed by atoms with van der Waals surface area (Å²) in [7, 11) is 0. The molecule has 2 aromatic heterocycles. The Balaban J connectivity index is 1.58. The van der Waals surface area contributed by atoms with E-state index >= 15 is 0 Å². The molecule has 0 radical (unpaired) electrons. The van der Waals surface area contributed by atoms with Crippen molar-refractivity contribution < 1.29 is 14.3 Å². The molecule has 1 saturated carbocycles. The van der Waals surface area contributed by atoms with Crippen molar-refractivity contribution in [3.05, 3.63) is 28.7 Å². The number of esters is 1. The zero-order chi connectivity index (χ0) is 21.9. The number of rotatable bonds is 6. The molecule has 1 amide bonds. The van der Waals surface area contributed by atoms with Crippen molar-refractivity contribution in [1.82, 2.24) is 19.9 Å². The molecule has 0 aliphatic heterocycles. The second-order valence-electron chi connectivity index (χ2n) is 8.19. The predicted molar refractivity (Wildman–Crippen MR) is 111 cm³/mol. The molecule has 0 saturated heterocycles. The number of aromatic nitrogens is 3. The van der Waals surface area contributed by atoms with E-state index in [9.17, 15) is 14.9 Å². The lowest BCUT2D eigenvalue weighted by Gasteiger charge is -2.32. The molecule has 1 atom stereocenters. The van der Waals surface area contributed by atoms with Gasteiger partial charge >= 0.3 is 5.97 Å². The Labute approximate surface area is 176 Å². The van der Waals surface area contributed by atoms with E-state index < -0.39 is 23.5 Å². The number of ether oxygens (including phenoxy) is 1. The van der Waals surface area contributed by atoms with Crippen molar-refractivity contribution in [3.63, 3.8) is 0 Å². The summed E-state index contributed by atoms with van der Waals surface area (Å²) in [5, 5.41) is 16.8. The summed E-state index contributed by atoms with van der Waals surface area (Å²) >= 11 is 0. The minimum absolute atomic E-state index is 0.135. The lowest BCUT2D eigenvalue weighted by atomic mass is 9.83. The van der Waals surface area contributed by atoms with Gasteiger partial charge < -0.3 is 10.1 Å². The lowest BCUT2D eigenvalue weighted by molar-refractivity contribution is -0.155. The van der Waals surface area contributed by atoms with E-state index in [0.29, 0.717) is 19.3 Å². The number of nitrogens with zero attached hydrogens (tertiary/aromatic N) is 4. The summed E-state index contributed by atoms with van der Waals surface area (Å²) in [5.41, 5.74) is 3.57. The Bertz CT molecular complexity index is 998. The van der Waals surface area contributed by atoms with Crippen LogP contribution in [0, 0.1) is 32.1 Å². The maximum Gasteiger partial charge on any atom is 0.306 e. The summed E-state index contributed by atoms with van der Waals surface area (Å²) in [5.74, 6) is -0.878. The van der Waals surface area contributed by atoms with Gasteiger partial charge in [-0.3, -0.25) is 9.59 Å². The number of nitrogens with one attached hydrogen (secondary N) is 1. The van der Waals surface area contributed by atoms with E-state index in [1.807, 2.05) is 26.8 Å². The van der Waals surface area contributed by atoms with Crippen molar-refractivity contribution in [2.75, 3.05) is 0 Å². The van der Waals surface area contributed by atoms with Crippen LogP contribution in [-0.2, 0) is 20.7 Å².